The quantitative estimate of drug-likeness (QED) is 0.668. The number of nitrogens with two attached hydrogens (primary N) is 1. The van der Waals surface area contributed by atoms with Gasteiger partial charge < -0.3 is 10.5 Å². The molecular formula is C12H17BrN2O3. The summed E-state index contributed by atoms with van der Waals surface area (Å²) in [6, 6.07) is 3.10. The summed E-state index contributed by atoms with van der Waals surface area (Å²) in [6.07, 6.45) is 0.788. The second-order valence-electron chi connectivity index (χ2n) is 4.62. The summed E-state index contributed by atoms with van der Waals surface area (Å²) in [4.78, 5) is 10.4. The van der Waals surface area contributed by atoms with Crippen molar-refractivity contribution in [2.75, 3.05) is 6.61 Å². The molecule has 0 aliphatic carbocycles. The molecule has 1 rings (SSSR count). The van der Waals surface area contributed by atoms with E-state index in [2.05, 4.69) is 15.9 Å². The maximum Gasteiger partial charge on any atom is 0.273 e. The lowest BCUT2D eigenvalue weighted by Crippen LogP contribution is -2.41. The van der Waals surface area contributed by atoms with E-state index in [0.717, 1.165) is 6.42 Å². The number of ether oxygens (including phenoxy) is 1. The van der Waals surface area contributed by atoms with Crippen LogP contribution >= 0.6 is 15.9 Å². The summed E-state index contributed by atoms with van der Waals surface area (Å²) >= 11 is 3.27. The second kappa shape index (κ2) is 5.67. The van der Waals surface area contributed by atoms with E-state index < -0.39 is 10.5 Å². The number of aryl methyl sites for hydroxylation is 1. The first kappa shape index (κ1) is 14.9. The van der Waals surface area contributed by atoms with Crippen molar-refractivity contribution in [2.24, 2.45) is 5.73 Å². The van der Waals surface area contributed by atoms with E-state index in [1.165, 1.54) is 6.07 Å². The fraction of sp³-hybridized carbons (Fsp3) is 0.500. The zero-order valence-electron chi connectivity index (χ0n) is 10.7. The lowest BCUT2D eigenvalue weighted by molar-refractivity contribution is -0.385. The Bertz CT molecular complexity index is 461. The lowest BCUT2D eigenvalue weighted by Gasteiger charge is -2.23. The largest absolute Gasteiger partial charge is 0.490 e. The molecule has 2 N–H and O–H groups in total. The molecule has 0 heterocycles. The lowest BCUT2D eigenvalue weighted by atomic mass is 10.0. The molecule has 0 aliphatic rings. The highest BCUT2D eigenvalue weighted by molar-refractivity contribution is 9.10. The molecule has 0 amide bonds. The summed E-state index contributed by atoms with van der Waals surface area (Å²) in [5.41, 5.74) is 6.21. The topological polar surface area (TPSA) is 78.4 Å². The molecular weight excluding hydrogens is 300 g/mol. The third-order valence-corrected chi connectivity index (χ3v) is 3.43. The van der Waals surface area contributed by atoms with Gasteiger partial charge in [-0.25, -0.2) is 0 Å². The molecule has 0 fully saturated rings. The first-order valence-electron chi connectivity index (χ1n) is 5.63. The van der Waals surface area contributed by atoms with Crippen LogP contribution in [0.1, 0.15) is 25.8 Å². The van der Waals surface area contributed by atoms with Crippen molar-refractivity contribution in [3.63, 3.8) is 0 Å². The maximum atomic E-state index is 10.8. The number of nitro groups is 1. The molecule has 0 saturated carbocycles. The Morgan fingerprint density at radius 2 is 2.17 bits per heavy atom. The SMILES string of the molecule is CCC(C)(N)COc1cc(C)c([N+](=O)[O-])cc1Br. The molecule has 18 heavy (non-hydrogen) atoms. The third-order valence-electron chi connectivity index (χ3n) is 2.81. The number of hydrogen-bond acceptors (Lipinski definition) is 4. The zero-order valence-corrected chi connectivity index (χ0v) is 12.3. The van der Waals surface area contributed by atoms with E-state index in [1.807, 2.05) is 13.8 Å². The average Bonchev–Trinajstić information content (AvgIpc) is 2.29. The molecule has 1 aromatic rings. The summed E-state index contributed by atoms with van der Waals surface area (Å²) in [6.45, 7) is 5.93. The summed E-state index contributed by atoms with van der Waals surface area (Å²) < 4.78 is 6.18. The molecule has 6 heteroatoms. The van der Waals surface area contributed by atoms with Crippen molar-refractivity contribution in [3.8, 4) is 5.75 Å². The van der Waals surface area contributed by atoms with Crippen molar-refractivity contribution in [1.29, 1.82) is 0 Å². The van der Waals surface area contributed by atoms with Crippen LogP contribution in [0.2, 0.25) is 0 Å². The van der Waals surface area contributed by atoms with Gasteiger partial charge in [-0.15, -0.1) is 0 Å². The molecule has 0 bridgehead atoms. The van der Waals surface area contributed by atoms with Gasteiger partial charge in [0.05, 0.1) is 9.40 Å². The van der Waals surface area contributed by atoms with Gasteiger partial charge in [-0.2, -0.15) is 0 Å². The Kier molecular flexibility index (Phi) is 4.70. The van der Waals surface area contributed by atoms with E-state index in [9.17, 15) is 10.1 Å². The Hall–Kier alpha value is -1.14. The summed E-state index contributed by atoms with van der Waals surface area (Å²) in [5.74, 6) is 0.572. The van der Waals surface area contributed by atoms with Crippen LogP contribution in [-0.2, 0) is 0 Å². The highest BCUT2D eigenvalue weighted by atomic mass is 79.9. The van der Waals surface area contributed by atoms with Gasteiger partial charge in [0, 0.05) is 17.2 Å². The van der Waals surface area contributed by atoms with Gasteiger partial charge in [0.15, 0.2) is 0 Å². The minimum Gasteiger partial charge on any atom is -0.490 e. The van der Waals surface area contributed by atoms with Crippen LogP contribution < -0.4 is 10.5 Å². The number of halogens is 1. The molecule has 100 valence electrons. The standard InChI is InChI=1S/C12H17BrN2O3/c1-4-12(3,14)7-18-11-5-8(2)10(15(16)17)6-9(11)13/h5-6H,4,7,14H2,1-3H3. The zero-order chi connectivity index (χ0) is 13.9. The highest BCUT2D eigenvalue weighted by Crippen LogP contribution is 2.32. The van der Waals surface area contributed by atoms with Gasteiger partial charge in [0.1, 0.15) is 12.4 Å². The number of nitro benzene ring substituents is 1. The first-order chi connectivity index (χ1) is 8.26. The third kappa shape index (κ3) is 3.68. The molecule has 5 nitrogen and oxygen atoms in total. The summed E-state index contributed by atoms with van der Waals surface area (Å²) in [5, 5.41) is 10.8. The van der Waals surface area contributed by atoms with Crippen molar-refractivity contribution < 1.29 is 9.66 Å². The Morgan fingerprint density at radius 3 is 2.67 bits per heavy atom. The first-order valence-corrected chi connectivity index (χ1v) is 6.42. The van der Waals surface area contributed by atoms with Gasteiger partial charge in [-0.05, 0) is 42.3 Å². The normalized spacial score (nSPS) is 14.1. The number of rotatable bonds is 5. The Balaban J connectivity index is 2.92. The number of benzene rings is 1. The molecule has 0 aliphatic heterocycles. The fourth-order valence-corrected chi connectivity index (χ4v) is 1.74. The predicted octanol–water partition coefficient (Wildman–Crippen LogP) is 3.17. The predicted molar refractivity (Wildman–Crippen MR) is 73.9 cm³/mol. The van der Waals surface area contributed by atoms with Crippen LogP contribution in [0.4, 0.5) is 5.69 Å². The molecule has 1 unspecified atom stereocenters. The van der Waals surface area contributed by atoms with E-state index in [0.29, 0.717) is 22.4 Å². The van der Waals surface area contributed by atoms with Crippen molar-refractivity contribution in [2.45, 2.75) is 32.7 Å². The minimum absolute atomic E-state index is 0.0697. The van der Waals surface area contributed by atoms with Crippen LogP contribution in [0.3, 0.4) is 0 Å². The fourth-order valence-electron chi connectivity index (χ4n) is 1.30. The van der Waals surface area contributed by atoms with Crippen LogP contribution in [0, 0.1) is 17.0 Å². The van der Waals surface area contributed by atoms with Crippen molar-refractivity contribution in [3.05, 3.63) is 32.3 Å². The summed E-state index contributed by atoms with van der Waals surface area (Å²) in [7, 11) is 0. The van der Waals surface area contributed by atoms with E-state index >= 15 is 0 Å². The van der Waals surface area contributed by atoms with Crippen LogP contribution in [-0.4, -0.2) is 17.1 Å². The molecule has 1 atom stereocenters. The molecule has 0 spiro atoms. The number of hydrogen-bond donors (Lipinski definition) is 1. The van der Waals surface area contributed by atoms with E-state index in [-0.39, 0.29) is 5.69 Å². The second-order valence-corrected chi connectivity index (χ2v) is 5.48. The van der Waals surface area contributed by atoms with E-state index in [1.54, 1.807) is 13.0 Å². The number of nitrogens with zero attached hydrogens (tertiary/aromatic N) is 1. The Labute approximate surface area is 115 Å². The smallest absolute Gasteiger partial charge is 0.273 e. The van der Waals surface area contributed by atoms with Crippen LogP contribution in [0.15, 0.2) is 16.6 Å². The van der Waals surface area contributed by atoms with Gasteiger partial charge in [0.2, 0.25) is 0 Å². The maximum absolute atomic E-state index is 10.8. The van der Waals surface area contributed by atoms with Crippen LogP contribution in [0.25, 0.3) is 0 Å². The molecule has 0 saturated heterocycles. The monoisotopic (exact) mass is 316 g/mol. The highest BCUT2D eigenvalue weighted by Gasteiger charge is 2.19. The molecule has 0 aromatic heterocycles. The average molecular weight is 317 g/mol. The van der Waals surface area contributed by atoms with Gasteiger partial charge in [0.25, 0.3) is 5.69 Å². The Morgan fingerprint density at radius 1 is 1.56 bits per heavy atom. The van der Waals surface area contributed by atoms with Crippen molar-refractivity contribution in [1.82, 2.24) is 0 Å². The van der Waals surface area contributed by atoms with E-state index in [4.69, 9.17) is 10.5 Å². The molecule has 0 radical (unpaired) electrons. The van der Waals surface area contributed by atoms with Gasteiger partial charge in [-0.1, -0.05) is 6.92 Å². The van der Waals surface area contributed by atoms with Gasteiger partial charge >= 0.3 is 0 Å². The molecule has 1 aromatic carbocycles. The van der Waals surface area contributed by atoms with Crippen molar-refractivity contribution >= 4 is 21.6 Å². The minimum atomic E-state index is -0.414. The van der Waals surface area contributed by atoms with Gasteiger partial charge in [-0.3, -0.25) is 10.1 Å². The van der Waals surface area contributed by atoms with Crippen LogP contribution in [0.5, 0.6) is 5.75 Å².